The monoisotopic (exact) mass is 375 g/mol. The number of aromatic nitrogens is 2. The molecular formula is C16H14FN5O3S. The number of amides is 1. The number of benzene rings is 1. The minimum absolute atomic E-state index is 0.0805. The molecule has 2 aromatic heterocycles. The molecule has 3 heterocycles. The Hall–Kier alpha value is -2.85. The predicted molar refractivity (Wildman–Crippen MR) is 93.9 cm³/mol. The molecule has 0 aliphatic carbocycles. The zero-order chi connectivity index (χ0) is 18.1. The highest BCUT2D eigenvalue weighted by atomic mass is 32.1. The minimum atomic E-state index is -0.614. The van der Waals surface area contributed by atoms with E-state index in [1.54, 1.807) is 5.38 Å². The first-order chi connectivity index (χ1) is 12.6. The van der Waals surface area contributed by atoms with Crippen molar-refractivity contribution in [3.8, 4) is 5.88 Å². The number of ether oxygens (including phenoxy) is 1. The van der Waals surface area contributed by atoms with Gasteiger partial charge in [-0.3, -0.25) is 4.79 Å². The van der Waals surface area contributed by atoms with Crippen LogP contribution >= 0.6 is 11.3 Å². The second-order valence-corrected chi connectivity index (χ2v) is 6.47. The average Bonchev–Trinajstić information content (AvgIpc) is 3.25. The van der Waals surface area contributed by atoms with Crippen LogP contribution in [0.4, 0.5) is 15.2 Å². The van der Waals surface area contributed by atoms with Crippen LogP contribution in [0.1, 0.15) is 10.5 Å². The van der Waals surface area contributed by atoms with Crippen molar-refractivity contribution in [3.05, 3.63) is 35.1 Å². The number of halogens is 1. The number of carbonyl (C=O) groups is 1. The van der Waals surface area contributed by atoms with Crippen LogP contribution in [0, 0.1) is 5.82 Å². The van der Waals surface area contributed by atoms with Crippen LogP contribution in [0.25, 0.3) is 10.9 Å². The topological polar surface area (TPSA) is 103 Å². The lowest BCUT2D eigenvalue weighted by atomic mass is 10.2. The predicted octanol–water partition coefficient (Wildman–Crippen LogP) is 3.23. The molecule has 10 heteroatoms. The molecule has 1 aliphatic heterocycles. The number of H-pyrrole nitrogens is 1. The zero-order valence-electron chi connectivity index (χ0n) is 13.5. The van der Waals surface area contributed by atoms with E-state index < -0.39 is 11.7 Å². The van der Waals surface area contributed by atoms with Gasteiger partial charge in [0.05, 0.1) is 18.7 Å². The molecule has 8 nitrogen and oxygen atoms in total. The number of rotatable bonds is 3. The van der Waals surface area contributed by atoms with Crippen LogP contribution in [0.5, 0.6) is 5.88 Å². The van der Waals surface area contributed by atoms with Gasteiger partial charge in [-0.15, -0.1) is 21.6 Å². The number of nitrogens with zero attached hydrogens (tertiary/aromatic N) is 4. The fourth-order valence-electron chi connectivity index (χ4n) is 2.65. The van der Waals surface area contributed by atoms with Crippen molar-refractivity contribution in [2.45, 2.75) is 0 Å². The van der Waals surface area contributed by atoms with Crippen LogP contribution in [0.15, 0.2) is 33.8 Å². The number of aromatic hydroxyl groups is 1. The van der Waals surface area contributed by atoms with Crippen molar-refractivity contribution in [3.63, 3.8) is 0 Å². The molecule has 26 heavy (non-hydrogen) atoms. The Kier molecular flexibility index (Phi) is 4.35. The third kappa shape index (κ3) is 3.16. The maximum atomic E-state index is 13.2. The van der Waals surface area contributed by atoms with E-state index in [0.29, 0.717) is 24.1 Å². The number of morpholine rings is 1. The van der Waals surface area contributed by atoms with E-state index in [-0.39, 0.29) is 17.3 Å². The SMILES string of the molecule is O=C(N=Nc1c(O)[nH]c2cc(F)ccc12)c1csc(N2CCOCC2)n1. The van der Waals surface area contributed by atoms with Gasteiger partial charge in [0, 0.05) is 23.9 Å². The molecule has 0 spiro atoms. The summed E-state index contributed by atoms with van der Waals surface area (Å²) < 4.78 is 18.5. The molecule has 2 N–H and O–H groups in total. The van der Waals surface area contributed by atoms with Crippen LogP contribution < -0.4 is 4.90 Å². The molecule has 0 saturated carbocycles. The summed E-state index contributed by atoms with van der Waals surface area (Å²) in [4.78, 5) is 21.2. The molecular weight excluding hydrogens is 361 g/mol. The summed E-state index contributed by atoms with van der Waals surface area (Å²) in [5, 5.41) is 20.2. The number of carbonyl (C=O) groups excluding carboxylic acids is 1. The van der Waals surface area contributed by atoms with Crippen molar-refractivity contribution in [1.82, 2.24) is 9.97 Å². The Labute approximate surface area is 150 Å². The summed E-state index contributed by atoms with van der Waals surface area (Å²) in [6, 6.07) is 3.93. The number of azo groups is 1. The van der Waals surface area contributed by atoms with Crippen LogP contribution in [-0.2, 0) is 4.74 Å². The van der Waals surface area contributed by atoms with Crippen LogP contribution in [0.2, 0.25) is 0 Å². The lowest BCUT2D eigenvalue weighted by molar-refractivity contribution is 0.0991. The lowest BCUT2D eigenvalue weighted by Gasteiger charge is -2.25. The molecule has 1 saturated heterocycles. The molecule has 1 aromatic carbocycles. The molecule has 4 rings (SSSR count). The van der Waals surface area contributed by atoms with Gasteiger partial charge < -0.3 is 19.7 Å². The summed E-state index contributed by atoms with van der Waals surface area (Å²) in [6.07, 6.45) is 0. The van der Waals surface area contributed by atoms with E-state index in [0.717, 1.165) is 18.2 Å². The number of thiazole rings is 1. The van der Waals surface area contributed by atoms with Crippen molar-refractivity contribution in [1.29, 1.82) is 0 Å². The minimum Gasteiger partial charge on any atom is -0.493 e. The molecule has 134 valence electrons. The Balaban J connectivity index is 1.55. The van der Waals surface area contributed by atoms with Gasteiger partial charge in [-0.1, -0.05) is 0 Å². The summed E-state index contributed by atoms with van der Waals surface area (Å²) in [5.41, 5.74) is 0.634. The number of hydrogen-bond donors (Lipinski definition) is 2. The smallest absolute Gasteiger partial charge is 0.314 e. The third-order valence-electron chi connectivity index (χ3n) is 3.95. The normalized spacial score (nSPS) is 15.2. The summed E-state index contributed by atoms with van der Waals surface area (Å²) in [5.74, 6) is -1.34. The van der Waals surface area contributed by atoms with Gasteiger partial charge in [-0.05, 0) is 18.2 Å². The maximum absolute atomic E-state index is 13.2. The second kappa shape index (κ2) is 6.81. The van der Waals surface area contributed by atoms with Gasteiger partial charge in [-0.2, -0.15) is 0 Å². The number of fused-ring (bicyclic) bond motifs is 1. The Bertz CT molecular complexity index is 993. The van der Waals surface area contributed by atoms with Crippen molar-refractivity contribution in [2.75, 3.05) is 31.2 Å². The van der Waals surface area contributed by atoms with Gasteiger partial charge >= 0.3 is 5.91 Å². The van der Waals surface area contributed by atoms with E-state index in [1.807, 2.05) is 4.90 Å². The lowest BCUT2D eigenvalue weighted by Crippen LogP contribution is -2.36. The number of anilines is 1. The van der Waals surface area contributed by atoms with E-state index >= 15 is 0 Å². The third-order valence-corrected chi connectivity index (χ3v) is 4.85. The van der Waals surface area contributed by atoms with E-state index in [4.69, 9.17) is 4.74 Å². The second-order valence-electron chi connectivity index (χ2n) is 5.63. The molecule has 0 radical (unpaired) electrons. The largest absolute Gasteiger partial charge is 0.493 e. The maximum Gasteiger partial charge on any atom is 0.314 e. The highest BCUT2D eigenvalue weighted by Gasteiger charge is 2.18. The Morgan fingerprint density at radius 1 is 1.38 bits per heavy atom. The first-order valence-electron chi connectivity index (χ1n) is 7.86. The van der Waals surface area contributed by atoms with Crippen LogP contribution in [0.3, 0.4) is 0 Å². The van der Waals surface area contributed by atoms with E-state index in [2.05, 4.69) is 20.2 Å². The molecule has 0 bridgehead atoms. The van der Waals surface area contributed by atoms with Gasteiger partial charge in [-0.25, -0.2) is 9.37 Å². The zero-order valence-corrected chi connectivity index (χ0v) is 14.3. The van der Waals surface area contributed by atoms with Gasteiger partial charge in [0.2, 0.25) is 5.88 Å². The Morgan fingerprint density at radius 3 is 3.00 bits per heavy atom. The van der Waals surface area contributed by atoms with Crippen molar-refractivity contribution < 1.29 is 19.0 Å². The van der Waals surface area contributed by atoms with Crippen molar-refractivity contribution in [2.24, 2.45) is 10.2 Å². The van der Waals surface area contributed by atoms with Crippen molar-refractivity contribution >= 4 is 39.0 Å². The number of nitrogens with one attached hydrogen (secondary N) is 1. The molecule has 1 fully saturated rings. The van der Waals surface area contributed by atoms with Crippen LogP contribution in [-0.4, -0.2) is 47.3 Å². The molecule has 1 amide bonds. The van der Waals surface area contributed by atoms with Gasteiger partial charge in [0.25, 0.3) is 0 Å². The molecule has 0 atom stereocenters. The first kappa shape index (κ1) is 16.6. The number of hydrogen-bond acceptors (Lipinski definition) is 7. The molecule has 1 aliphatic rings. The molecule has 3 aromatic rings. The Morgan fingerprint density at radius 2 is 2.19 bits per heavy atom. The summed E-state index contributed by atoms with van der Waals surface area (Å²) in [6.45, 7) is 2.71. The molecule has 0 unspecified atom stereocenters. The standard InChI is InChI=1S/C16H14FN5O3S/c17-9-1-2-10-11(7-9)18-15(24)13(10)20-21-14(23)12-8-26-16(19-12)22-3-5-25-6-4-22/h1-2,7-8,18,24H,3-6H2. The quantitative estimate of drug-likeness (QED) is 0.684. The van der Waals surface area contributed by atoms with Gasteiger partial charge in [0.1, 0.15) is 11.5 Å². The average molecular weight is 375 g/mol. The highest BCUT2D eigenvalue weighted by Crippen LogP contribution is 2.35. The fraction of sp³-hybridized carbons (Fsp3) is 0.250. The highest BCUT2D eigenvalue weighted by molar-refractivity contribution is 7.13. The summed E-state index contributed by atoms with van der Waals surface area (Å²) in [7, 11) is 0. The van der Waals surface area contributed by atoms with E-state index in [9.17, 15) is 14.3 Å². The summed E-state index contributed by atoms with van der Waals surface area (Å²) >= 11 is 1.35. The first-order valence-corrected chi connectivity index (χ1v) is 8.74. The van der Waals surface area contributed by atoms with Gasteiger partial charge in [0.15, 0.2) is 10.8 Å². The van der Waals surface area contributed by atoms with E-state index in [1.165, 1.54) is 29.5 Å². The fourth-order valence-corrected chi connectivity index (χ4v) is 3.50. The number of aromatic amines is 1.